The minimum Gasteiger partial charge on any atom is -0.380 e. The lowest BCUT2D eigenvalue weighted by Gasteiger charge is -2.62. The average Bonchev–Trinajstić information content (AvgIpc) is 2.69. The van der Waals surface area contributed by atoms with Gasteiger partial charge >= 0.3 is 0 Å². The number of aromatic nitrogens is 3. The van der Waals surface area contributed by atoms with Gasteiger partial charge in [0.05, 0.1) is 23.8 Å². The number of carbonyl (C=O) groups is 1. The molecule has 7 nitrogen and oxygen atoms in total. The first-order valence-corrected chi connectivity index (χ1v) is 10.8. The number of fused-ring (bicyclic) bond motifs is 2. The molecule has 1 amide bonds. The molecule has 0 radical (unpaired) electrons. The van der Waals surface area contributed by atoms with E-state index in [4.69, 9.17) is 0 Å². The lowest BCUT2D eigenvalue weighted by Crippen LogP contribution is -2.58. The van der Waals surface area contributed by atoms with Gasteiger partial charge in [-0.2, -0.15) is 5.10 Å². The number of anilines is 2. The molecule has 3 fully saturated rings. The molecule has 4 atom stereocenters. The zero-order chi connectivity index (χ0) is 20.8. The minimum absolute atomic E-state index is 0.162. The Morgan fingerprint density at radius 2 is 2.14 bits per heavy atom. The molecule has 154 valence electrons. The van der Waals surface area contributed by atoms with Crippen LogP contribution in [0.15, 0.2) is 40.0 Å². The summed E-state index contributed by atoms with van der Waals surface area (Å²) >= 11 is 3.41. The first kappa shape index (κ1) is 20.1. The number of carbonyl (C=O) groups excluding carboxylic acids is 1. The molecule has 3 aliphatic carbocycles. The van der Waals surface area contributed by atoms with Crippen LogP contribution in [0.3, 0.4) is 0 Å². The van der Waals surface area contributed by atoms with Gasteiger partial charge in [0, 0.05) is 12.2 Å². The minimum atomic E-state index is -0.330. The van der Waals surface area contributed by atoms with Crippen LogP contribution < -0.4 is 16.2 Å². The highest BCUT2D eigenvalue weighted by molar-refractivity contribution is 9.10. The van der Waals surface area contributed by atoms with Gasteiger partial charge in [-0.15, -0.1) is 0 Å². The highest BCUT2D eigenvalue weighted by Gasteiger charge is 2.56. The van der Waals surface area contributed by atoms with E-state index >= 15 is 0 Å². The number of halogens is 1. The predicted molar refractivity (Wildman–Crippen MR) is 116 cm³/mol. The fourth-order valence-corrected chi connectivity index (χ4v) is 5.41. The van der Waals surface area contributed by atoms with Crippen molar-refractivity contribution >= 4 is 33.2 Å². The Labute approximate surface area is 178 Å². The highest BCUT2D eigenvalue weighted by Crippen LogP contribution is 2.61. The van der Waals surface area contributed by atoms with Crippen molar-refractivity contribution in [3.63, 3.8) is 0 Å². The molecule has 2 N–H and O–H groups in total. The molecule has 0 saturated heterocycles. The molecule has 29 heavy (non-hydrogen) atoms. The summed E-state index contributed by atoms with van der Waals surface area (Å²) in [6.07, 6.45) is 7.21. The summed E-state index contributed by atoms with van der Waals surface area (Å²) in [7, 11) is 0. The third-order valence-electron chi connectivity index (χ3n) is 6.92. The van der Waals surface area contributed by atoms with Crippen LogP contribution in [0.25, 0.3) is 0 Å². The van der Waals surface area contributed by atoms with Crippen molar-refractivity contribution in [2.45, 2.75) is 46.2 Å². The molecule has 2 bridgehead atoms. The summed E-state index contributed by atoms with van der Waals surface area (Å²) in [6, 6.07) is 3.80. The molecule has 5 rings (SSSR count). The molecule has 2 aromatic heterocycles. The van der Waals surface area contributed by atoms with Crippen LogP contribution in [0.4, 0.5) is 11.4 Å². The zero-order valence-electron chi connectivity index (χ0n) is 16.9. The maximum absolute atomic E-state index is 12.7. The Morgan fingerprint density at radius 3 is 2.79 bits per heavy atom. The van der Waals surface area contributed by atoms with Crippen LogP contribution in [0.5, 0.6) is 0 Å². The second-order valence-electron chi connectivity index (χ2n) is 8.83. The lowest BCUT2D eigenvalue weighted by atomic mass is 9.45. The van der Waals surface area contributed by atoms with Crippen LogP contribution in [0.1, 0.15) is 33.6 Å². The van der Waals surface area contributed by atoms with Crippen LogP contribution in [-0.4, -0.2) is 26.7 Å². The van der Waals surface area contributed by atoms with Crippen LogP contribution in [0, 0.1) is 23.2 Å². The Kier molecular flexibility index (Phi) is 5.23. The summed E-state index contributed by atoms with van der Waals surface area (Å²) in [4.78, 5) is 28.9. The Bertz CT molecular complexity index is 975. The summed E-state index contributed by atoms with van der Waals surface area (Å²) in [5.74, 6) is 1.64. The summed E-state index contributed by atoms with van der Waals surface area (Å²) < 4.78 is 1.57. The number of hydrogen-bond acceptors (Lipinski definition) is 5. The van der Waals surface area contributed by atoms with Crippen molar-refractivity contribution in [2.75, 3.05) is 10.6 Å². The monoisotopic (exact) mass is 459 g/mol. The molecule has 2 aromatic rings. The maximum Gasteiger partial charge on any atom is 0.283 e. The first-order valence-electron chi connectivity index (χ1n) is 9.99. The molecule has 0 spiro atoms. The van der Waals surface area contributed by atoms with Gasteiger partial charge < -0.3 is 10.6 Å². The van der Waals surface area contributed by atoms with Crippen LogP contribution in [0.2, 0.25) is 0 Å². The molecule has 3 aliphatic rings. The van der Waals surface area contributed by atoms with E-state index in [1.807, 2.05) is 0 Å². The quantitative estimate of drug-likeness (QED) is 0.713. The van der Waals surface area contributed by atoms with Crippen LogP contribution in [-0.2, 0) is 11.3 Å². The summed E-state index contributed by atoms with van der Waals surface area (Å²) in [5.41, 5.74) is 1.36. The largest absolute Gasteiger partial charge is 0.380 e. The second-order valence-corrected chi connectivity index (χ2v) is 9.62. The number of rotatable bonds is 5. The van der Waals surface area contributed by atoms with E-state index < -0.39 is 0 Å². The van der Waals surface area contributed by atoms with Gasteiger partial charge in [-0.3, -0.25) is 14.6 Å². The third kappa shape index (κ3) is 3.70. The molecule has 0 unspecified atom stereocenters. The Hall–Kier alpha value is -2.22. The normalized spacial score (nSPS) is 27.0. The van der Waals surface area contributed by atoms with Crippen molar-refractivity contribution in [3.05, 3.63) is 45.5 Å². The van der Waals surface area contributed by atoms with Gasteiger partial charge in [0.2, 0.25) is 5.91 Å². The highest BCUT2D eigenvalue weighted by atomic mass is 79.9. The van der Waals surface area contributed by atoms with Gasteiger partial charge in [0.1, 0.15) is 11.0 Å². The van der Waals surface area contributed by atoms with Crippen molar-refractivity contribution in [1.82, 2.24) is 14.8 Å². The van der Waals surface area contributed by atoms with Crippen molar-refractivity contribution in [3.8, 4) is 0 Å². The molecule has 2 heterocycles. The van der Waals surface area contributed by atoms with Gasteiger partial charge in [-0.05, 0) is 64.1 Å². The molecule has 8 heteroatoms. The first-order chi connectivity index (χ1) is 13.8. The number of hydrogen-bond donors (Lipinski definition) is 2. The molecule has 0 aliphatic heterocycles. The smallest absolute Gasteiger partial charge is 0.283 e. The Morgan fingerprint density at radius 1 is 1.34 bits per heavy atom. The van der Waals surface area contributed by atoms with Gasteiger partial charge in [0.15, 0.2) is 0 Å². The number of pyridine rings is 1. The predicted octanol–water partition coefficient (Wildman–Crippen LogP) is 3.52. The fraction of sp³-hybridized carbons (Fsp3) is 0.524. The van der Waals surface area contributed by atoms with Crippen molar-refractivity contribution in [2.24, 2.45) is 23.2 Å². The van der Waals surface area contributed by atoms with E-state index in [0.29, 0.717) is 39.1 Å². The van der Waals surface area contributed by atoms with E-state index in [0.717, 1.165) is 17.0 Å². The van der Waals surface area contributed by atoms with E-state index in [-0.39, 0.29) is 18.0 Å². The number of nitrogens with one attached hydrogen (secondary N) is 2. The molecular formula is C21H26BrN5O2. The van der Waals surface area contributed by atoms with Crippen molar-refractivity contribution in [1.29, 1.82) is 0 Å². The SMILES string of the molecule is C[C@@H]1[C@H]2C[C@@H](C[C@H]1Nc1cnn(CC(=O)Nc3cccnc3)c(=O)c1Br)C2(C)C. The van der Waals surface area contributed by atoms with Gasteiger partial charge in [0.25, 0.3) is 5.56 Å². The summed E-state index contributed by atoms with van der Waals surface area (Å²) in [5, 5.41) is 10.4. The number of nitrogens with zero attached hydrogens (tertiary/aromatic N) is 3. The van der Waals surface area contributed by atoms with Gasteiger partial charge in [-0.25, -0.2) is 4.68 Å². The van der Waals surface area contributed by atoms with Crippen LogP contribution >= 0.6 is 15.9 Å². The van der Waals surface area contributed by atoms with Gasteiger partial charge in [-0.1, -0.05) is 20.8 Å². The molecular weight excluding hydrogens is 434 g/mol. The van der Waals surface area contributed by atoms with E-state index in [1.165, 1.54) is 6.42 Å². The van der Waals surface area contributed by atoms with Crippen molar-refractivity contribution < 1.29 is 4.79 Å². The maximum atomic E-state index is 12.7. The van der Waals surface area contributed by atoms with E-state index in [1.54, 1.807) is 30.7 Å². The zero-order valence-corrected chi connectivity index (χ0v) is 18.4. The second kappa shape index (κ2) is 7.55. The standard InChI is InChI=1S/C21H26BrN5O2/c1-12-15-7-13(21(15,2)3)8-16(12)26-17-10-24-27(20(29)19(17)22)11-18(28)25-14-5-4-6-23-9-14/h4-6,9-10,12-13,15-16,26H,7-8,11H2,1-3H3,(H,25,28)/t12-,13+,15-,16-/m1/s1. The molecule has 3 saturated carbocycles. The number of amides is 1. The lowest BCUT2D eigenvalue weighted by molar-refractivity contribution is -0.117. The average molecular weight is 460 g/mol. The van der Waals surface area contributed by atoms with E-state index in [9.17, 15) is 9.59 Å². The van der Waals surface area contributed by atoms with E-state index in [2.05, 4.69) is 57.4 Å². The fourth-order valence-electron chi connectivity index (χ4n) is 4.99. The third-order valence-corrected chi connectivity index (χ3v) is 7.68. The summed E-state index contributed by atoms with van der Waals surface area (Å²) in [6.45, 7) is 6.87. The topological polar surface area (TPSA) is 88.9 Å². The Balaban J connectivity index is 1.44. The molecule has 0 aromatic carbocycles.